The Hall–Kier alpha value is -2.19. The van der Waals surface area contributed by atoms with Crippen LogP contribution >= 0.6 is 0 Å². The molecule has 0 unspecified atom stereocenters. The Balaban J connectivity index is 1.66. The second kappa shape index (κ2) is 7.59. The average molecular weight is 376 g/mol. The van der Waals surface area contributed by atoms with E-state index >= 15 is 0 Å². The molecule has 0 aliphatic carbocycles. The summed E-state index contributed by atoms with van der Waals surface area (Å²) in [6.45, 7) is 4.82. The highest BCUT2D eigenvalue weighted by atomic mass is 32.2. The van der Waals surface area contributed by atoms with Crippen molar-refractivity contribution >= 4 is 21.6 Å². The Morgan fingerprint density at radius 2 is 2.04 bits per heavy atom. The van der Waals surface area contributed by atoms with E-state index in [0.29, 0.717) is 25.3 Å². The number of sulfonamides is 1. The molecular weight excluding hydrogens is 352 g/mol. The lowest BCUT2D eigenvalue weighted by atomic mass is 9.98. The van der Waals surface area contributed by atoms with E-state index in [1.54, 1.807) is 0 Å². The number of H-pyrrole nitrogens is 1. The predicted molar refractivity (Wildman–Crippen MR) is 99.2 cm³/mol. The number of carbonyl (C=O) groups is 1. The lowest BCUT2D eigenvalue weighted by molar-refractivity contribution is -0.120. The van der Waals surface area contributed by atoms with Crippen LogP contribution in [-0.4, -0.2) is 41.7 Å². The van der Waals surface area contributed by atoms with Gasteiger partial charge >= 0.3 is 0 Å². The minimum absolute atomic E-state index is 0.0582. The highest BCUT2D eigenvalue weighted by molar-refractivity contribution is 7.89. The molecule has 2 aromatic rings. The molecule has 1 aliphatic rings. The van der Waals surface area contributed by atoms with E-state index in [1.807, 2.05) is 24.3 Å². The third-order valence-electron chi connectivity index (χ3n) is 4.69. The molecule has 8 heteroatoms. The van der Waals surface area contributed by atoms with Gasteiger partial charge in [-0.25, -0.2) is 13.4 Å². The van der Waals surface area contributed by atoms with Crippen molar-refractivity contribution in [2.45, 2.75) is 37.6 Å². The van der Waals surface area contributed by atoms with Crippen LogP contribution in [0.3, 0.4) is 0 Å². The number of aromatic nitrogens is 2. The summed E-state index contributed by atoms with van der Waals surface area (Å²) in [6.07, 6.45) is 3.94. The van der Waals surface area contributed by atoms with E-state index < -0.39 is 10.0 Å². The lowest BCUT2D eigenvalue weighted by Gasteiger charge is -2.30. The van der Waals surface area contributed by atoms with Crippen molar-refractivity contribution in [2.24, 2.45) is 5.92 Å². The molecule has 1 aromatic carbocycles. The number of imidazole rings is 1. The highest BCUT2D eigenvalue weighted by Gasteiger charge is 2.34. The fourth-order valence-electron chi connectivity index (χ4n) is 3.09. The lowest BCUT2D eigenvalue weighted by Crippen LogP contribution is -2.43. The molecule has 1 aromatic heterocycles. The Labute approximate surface area is 153 Å². The number of hydrogen-bond donors (Lipinski definition) is 2. The summed E-state index contributed by atoms with van der Waals surface area (Å²) in [4.78, 5) is 19.0. The molecule has 1 saturated heterocycles. The zero-order valence-corrected chi connectivity index (χ0v) is 15.8. The van der Waals surface area contributed by atoms with Crippen LogP contribution in [0.1, 0.15) is 38.2 Å². The number of carbonyl (C=O) groups excluding carboxylic acids is 1. The number of nitrogens with one attached hydrogen (secondary N) is 2. The Morgan fingerprint density at radius 3 is 2.65 bits per heavy atom. The van der Waals surface area contributed by atoms with Crippen molar-refractivity contribution in [2.75, 3.05) is 18.4 Å². The number of benzene rings is 1. The van der Waals surface area contributed by atoms with Gasteiger partial charge in [-0.05, 0) is 36.5 Å². The first kappa shape index (κ1) is 18.6. The van der Waals surface area contributed by atoms with Crippen molar-refractivity contribution in [3.8, 4) is 0 Å². The summed E-state index contributed by atoms with van der Waals surface area (Å²) in [6, 6.07) is 7.76. The molecule has 0 spiro atoms. The second-order valence-electron chi connectivity index (χ2n) is 6.88. The first-order chi connectivity index (χ1) is 12.4. The van der Waals surface area contributed by atoms with Gasteiger partial charge in [0.05, 0.1) is 18.4 Å². The van der Waals surface area contributed by atoms with E-state index in [-0.39, 0.29) is 23.4 Å². The quantitative estimate of drug-likeness (QED) is 0.838. The van der Waals surface area contributed by atoms with Gasteiger partial charge in [-0.3, -0.25) is 4.79 Å². The molecule has 140 valence electrons. The minimum Gasteiger partial charge on any atom is -0.335 e. The molecule has 2 heterocycles. The van der Waals surface area contributed by atoms with Crippen molar-refractivity contribution in [1.82, 2.24) is 14.3 Å². The fraction of sp³-hybridized carbons (Fsp3) is 0.444. The number of piperidine rings is 1. The Morgan fingerprint density at radius 1 is 1.31 bits per heavy atom. The Bertz CT molecular complexity index is 845. The van der Waals surface area contributed by atoms with Gasteiger partial charge in [0.2, 0.25) is 5.91 Å². The van der Waals surface area contributed by atoms with Gasteiger partial charge in [0, 0.05) is 18.8 Å². The maximum atomic E-state index is 12.6. The van der Waals surface area contributed by atoms with Gasteiger partial charge in [0.25, 0.3) is 10.0 Å². The zero-order chi connectivity index (χ0) is 18.7. The summed E-state index contributed by atoms with van der Waals surface area (Å²) in [5, 5.41) is 2.96. The summed E-state index contributed by atoms with van der Waals surface area (Å²) in [5.74, 6) is -0.0858. The van der Waals surface area contributed by atoms with Crippen molar-refractivity contribution in [1.29, 1.82) is 0 Å². The van der Waals surface area contributed by atoms with Crippen molar-refractivity contribution in [3.63, 3.8) is 0 Å². The predicted octanol–water partition coefficient (Wildman–Crippen LogP) is 2.57. The van der Waals surface area contributed by atoms with E-state index in [2.05, 4.69) is 29.1 Å². The van der Waals surface area contributed by atoms with Crippen molar-refractivity contribution < 1.29 is 13.2 Å². The third kappa shape index (κ3) is 3.96. The van der Waals surface area contributed by atoms with E-state index in [1.165, 1.54) is 22.4 Å². The van der Waals surface area contributed by atoms with Crippen LogP contribution in [0.2, 0.25) is 0 Å². The molecule has 7 nitrogen and oxygen atoms in total. The van der Waals surface area contributed by atoms with Gasteiger partial charge in [-0.1, -0.05) is 26.0 Å². The number of aromatic amines is 1. The molecule has 1 atom stereocenters. The first-order valence-corrected chi connectivity index (χ1v) is 10.2. The normalized spacial score (nSPS) is 18.8. The summed E-state index contributed by atoms with van der Waals surface area (Å²) < 4.78 is 26.6. The maximum Gasteiger partial charge on any atom is 0.260 e. The van der Waals surface area contributed by atoms with Gasteiger partial charge in [0.1, 0.15) is 0 Å². The van der Waals surface area contributed by atoms with E-state index in [9.17, 15) is 13.2 Å². The molecule has 1 amide bonds. The van der Waals surface area contributed by atoms with Crippen LogP contribution in [0, 0.1) is 5.92 Å². The van der Waals surface area contributed by atoms with Gasteiger partial charge in [-0.2, -0.15) is 4.31 Å². The number of nitrogens with zero attached hydrogens (tertiary/aromatic N) is 2. The molecule has 1 fully saturated rings. The topological polar surface area (TPSA) is 95.2 Å². The molecule has 0 saturated carbocycles. The smallest absolute Gasteiger partial charge is 0.260 e. The SMILES string of the molecule is CC(C)c1ccc(NC(=O)[C@H]2CCCN(S(=O)(=O)c3cnc[nH]3)C2)cc1. The zero-order valence-electron chi connectivity index (χ0n) is 15.0. The largest absolute Gasteiger partial charge is 0.335 e. The summed E-state index contributed by atoms with van der Waals surface area (Å²) in [5.41, 5.74) is 1.94. The Kier molecular flexibility index (Phi) is 5.43. The first-order valence-electron chi connectivity index (χ1n) is 8.77. The summed E-state index contributed by atoms with van der Waals surface area (Å²) in [7, 11) is -3.64. The molecule has 0 radical (unpaired) electrons. The molecule has 26 heavy (non-hydrogen) atoms. The van der Waals surface area contributed by atoms with Crippen LogP contribution < -0.4 is 5.32 Å². The van der Waals surface area contributed by atoms with Crippen LogP contribution in [0.25, 0.3) is 0 Å². The van der Waals surface area contributed by atoms with Crippen molar-refractivity contribution in [3.05, 3.63) is 42.4 Å². The number of rotatable bonds is 5. The van der Waals surface area contributed by atoms with Crippen LogP contribution in [0.4, 0.5) is 5.69 Å². The maximum absolute atomic E-state index is 12.6. The number of amides is 1. The van der Waals surface area contributed by atoms with Crippen LogP contribution in [0.15, 0.2) is 41.8 Å². The highest BCUT2D eigenvalue weighted by Crippen LogP contribution is 2.24. The fourth-order valence-corrected chi connectivity index (χ4v) is 4.51. The summed E-state index contributed by atoms with van der Waals surface area (Å²) >= 11 is 0. The van der Waals surface area contributed by atoms with Crippen LogP contribution in [-0.2, 0) is 14.8 Å². The van der Waals surface area contributed by atoms with E-state index in [0.717, 1.165) is 5.69 Å². The van der Waals surface area contributed by atoms with Crippen LogP contribution in [0.5, 0.6) is 0 Å². The molecule has 3 rings (SSSR count). The van der Waals surface area contributed by atoms with E-state index in [4.69, 9.17) is 0 Å². The standard InChI is InChI=1S/C18H24N4O3S/c1-13(2)14-5-7-16(8-6-14)21-18(23)15-4-3-9-22(11-15)26(24,25)17-10-19-12-20-17/h5-8,10,12-13,15H,3-4,9,11H2,1-2H3,(H,19,20)(H,21,23)/t15-/m0/s1. The average Bonchev–Trinajstić information content (AvgIpc) is 3.18. The molecular formula is C18H24N4O3S. The molecule has 1 aliphatic heterocycles. The third-order valence-corrected chi connectivity index (χ3v) is 6.48. The number of hydrogen-bond acceptors (Lipinski definition) is 4. The minimum atomic E-state index is -3.64. The van der Waals surface area contributed by atoms with Gasteiger partial charge < -0.3 is 10.3 Å². The monoisotopic (exact) mass is 376 g/mol. The number of anilines is 1. The molecule has 0 bridgehead atoms. The molecule has 2 N–H and O–H groups in total. The van der Waals surface area contributed by atoms with Gasteiger partial charge in [0.15, 0.2) is 5.03 Å². The second-order valence-corrected chi connectivity index (χ2v) is 8.79. The van der Waals surface area contributed by atoms with Gasteiger partial charge in [-0.15, -0.1) is 0 Å².